The standard InChI is InChI=1S/C25H20N2O5/c1-31-23-14-18(7-12-22(23)32-16-17-5-3-2-4-6-17)13-20(15-26)24(28)27-21-10-8-19(9-11-21)25(29)30/h2-14H,16H2,1H3,(H,27,28)(H,29,30)/b20-13+. The number of nitrogens with one attached hydrogen (secondary N) is 1. The second-order valence-electron chi connectivity index (χ2n) is 6.69. The van der Waals surface area contributed by atoms with Gasteiger partial charge in [0.2, 0.25) is 0 Å². The molecule has 7 nitrogen and oxygen atoms in total. The number of carboxylic acid groups (broad SMARTS) is 1. The van der Waals surface area contributed by atoms with Gasteiger partial charge in [-0.05, 0) is 53.6 Å². The number of nitrogens with zero attached hydrogens (tertiary/aromatic N) is 1. The Kier molecular flexibility index (Phi) is 7.23. The second kappa shape index (κ2) is 10.5. The molecule has 0 aromatic heterocycles. The van der Waals surface area contributed by atoms with E-state index in [2.05, 4.69) is 5.32 Å². The van der Waals surface area contributed by atoms with Crippen molar-refractivity contribution in [2.75, 3.05) is 12.4 Å². The zero-order valence-corrected chi connectivity index (χ0v) is 17.2. The van der Waals surface area contributed by atoms with E-state index < -0.39 is 11.9 Å². The van der Waals surface area contributed by atoms with E-state index in [0.29, 0.717) is 29.4 Å². The summed E-state index contributed by atoms with van der Waals surface area (Å²) in [7, 11) is 1.51. The quantitative estimate of drug-likeness (QED) is 0.403. The van der Waals surface area contributed by atoms with Crippen molar-refractivity contribution in [2.45, 2.75) is 6.61 Å². The van der Waals surface area contributed by atoms with E-state index in [1.165, 1.54) is 37.5 Å². The van der Waals surface area contributed by atoms with Crippen LogP contribution in [-0.2, 0) is 11.4 Å². The summed E-state index contributed by atoms with van der Waals surface area (Å²) in [5.74, 6) is -0.670. The van der Waals surface area contributed by atoms with E-state index in [-0.39, 0.29) is 11.1 Å². The summed E-state index contributed by atoms with van der Waals surface area (Å²) >= 11 is 0. The third-order valence-electron chi connectivity index (χ3n) is 4.49. The highest BCUT2D eigenvalue weighted by molar-refractivity contribution is 6.09. The Morgan fingerprint density at radius 2 is 1.75 bits per heavy atom. The van der Waals surface area contributed by atoms with Crippen LogP contribution in [0, 0.1) is 11.3 Å². The fourth-order valence-corrected chi connectivity index (χ4v) is 2.84. The number of hydrogen-bond donors (Lipinski definition) is 2. The third-order valence-corrected chi connectivity index (χ3v) is 4.49. The summed E-state index contributed by atoms with van der Waals surface area (Å²) in [6.45, 7) is 0.374. The van der Waals surface area contributed by atoms with Crippen LogP contribution < -0.4 is 14.8 Å². The summed E-state index contributed by atoms with van der Waals surface area (Å²) in [5, 5.41) is 21.0. The van der Waals surface area contributed by atoms with Crippen LogP contribution in [0.4, 0.5) is 5.69 Å². The first-order chi connectivity index (χ1) is 15.5. The van der Waals surface area contributed by atoms with Gasteiger partial charge in [0.1, 0.15) is 18.2 Å². The van der Waals surface area contributed by atoms with E-state index in [1.807, 2.05) is 36.4 Å². The molecule has 7 heteroatoms. The Labute approximate surface area is 185 Å². The smallest absolute Gasteiger partial charge is 0.335 e. The normalized spacial score (nSPS) is 10.7. The lowest BCUT2D eigenvalue weighted by Crippen LogP contribution is -2.13. The molecular formula is C25H20N2O5. The fourth-order valence-electron chi connectivity index (χ4n) is 2.84. The second-order valence-corrected chi connectivity index (χ2v) is 6.69. The van der Waals surface area contributed by atoms with Gasteiger partial charge in [0, 0.05) is 5.69 Å². The average Bonchev–Trinajstić information content (AvgIpc) is 2.82. The van der Waals surface area contributed by atoms with Gasteiger partial charge in [-0.15, -0.1) is 0 Å². The summed E-state index contributed by atoms with van der Waals surface area (Å²) < 4.78 is 11.2. The highest BCUT2D eigenvalue weighted by atomic mass is 16.5. The number of benzene rings is 3. The number of carbonyl (C=O) groups excluding carboxylic acids is 1. The molecule has 0 aliphatic heterocycles. The molecule has 0 spiro atoms. The minimum atomic E-state index is -1.06. The van der Waals surface area contributed by atoms with Crippen LogP contribution in [0.15, 0.2) is 78.4 Å². The number of rotatable bonds is 8. The van der Waals surface area contributed by atoms with E-state index in [4.69, 9.17) is 14.6 Å². The molecule has 0 fully saturated rings. The number of nitriles is 1. The van der Waals surface area contributed by atoms with E-state index in [9.17, 15) is 14.9 Å². The number of anilines is 1. The number of methoxy groups -OCH3 is 1. The van der Waals surface area contributed by atoms with Gasteiger partial charge in [0.15, 0.2) is 11.5 Å². The Hall–Kier alpha value is -4.57. The fraction of sp³-hybridized carbons (Fsp3) is 0.0800. The lowest BCUT2D eigenvalue weighted by molar-refractivity contribution is -0.112. The van der Waals surface area contributed by atoms with Gasteiger partial charge >= 0.3 is 5.97 Å². The molecule has 0 bridgehead atoms. The predicted molar refractivity (Wildman–Crippen MR) is 119 cm³/mol. The Morgan fingerprint density at radius 1 is 1.03 bits per heavy atom. The molecule has 0 aliphatic rings. The Bertz CT molecular complexity index is 1180. The van der Waals surface area contributed by atoms with Crippen molar-refractivity contribution in [3.63, 3.8) is 0 Å². The first-order valence-corrected chi connectivity index (χ1v) is 9.61. The van der Waals surface area contributed by atoms with Gasteiger partial charge in [-0.1, -0.05) is 36.4 Å². The summed E-state index contributed by atoms with van der Waals surface area (Å²) in [6.07, 6.45) is 1.43. The highest BCUT2D eigenvalue weighted by Crippen LogP contribution is 2.29. The molecule has 160 valence electrons. The molecule has 3 rings (SSSR count). The zero-order chi connectivity index (χ0) is 22.9. The van der Waals surface area contributed by atoms with Gasteiger partial charge in [-0.3, -0.25) is 4.79 Å². The van der Waals surface area contributed by atoms with Gasteiger partial charge in [0.25, 0.3) is 5.91 Å². The van der Waals surface area contributed by atoms with Crippen molar-refractivity contribution in [1.29, 1.82) is 5.26 Å². The number of hydrogen-bond acceptors (Lipinski definition) is 5. The SMILES string of the molecule is COc1cc(/C=C(\C#N)C(=O)Nc2ccc(C(=O)O)cc2)ccc1OCc1ccccc1. The first-order valence-electron chi connectivity index (χ1n) is 9.61. The molecule has 0 radical (unpaired) electrons. The first kappa shape index (κ1) is 22.1. The number of aromatic carboxylic acids is 1. The molecule has 2 N–H and O–H groups in total. The largest absolute Gasteiger partial charge is 0.493 e. The van der Waals surface area contributed by atoms with Crippen LogP contribution in [0.25, 0.3) is 6.08 Å². The van der Waals surface area contributed by atoms with Crippen LogP contribution in [0.1, 0.15) is 21.5 Å². The Morgan fingerprint density at radius 3 is 2.38 bits per heavy atom. The van der Waals surface area contributed by atoms with Gasteiger partial charge in [0.05, 0.1) is 12.7 Å². The lowest BCUT2D eigenvalue weighted by Gasteiger charge is -2.11. The van der Waals surface area contributed by atoms with Crippen molar-refractivity contribution >= 4 is 23.6 Å². The van der Waals surface area contributed by atoms with Gasteiger partial charge < -0.3 is 19.9 Å². The molecule has 0 heterocycles. The molecule has 0 unspecified atom stereocenters. The number of carbonyl (C=O) groups is 2. The minimum absolute atomic E-state index is 0.0979. The van der Waals surface area contributed by atoms with Crippen LogP contribution >= 0.6 is 0 Å². The maximum Gasteiger partial charge on any atom is 0.335 e. The monoisotopic (exact) mass is 428 g/mol. The molecule has 0 saturated carbocycles. The topological polar surface area (TPSA) is 109 Å². The van der Waals surface area contributed by atoms with Crippen LogP contribution in [-0.4, -0.2) is 24.1 Å². The molecular weight excluding hydrogens is 408 g/mol. The maximum absolute atomic E-state index is 12.5. The van der Waals surface area contributed by atoms with Crippen molar-refractivity contribution in [3.8, 4) is 17.6 Å². The minimum Gasteiger partial charge on any atom is -0.493 e. The van der Waals surface area contributed by atoms with Crippen LogP contribution in [0.5, 0.6) is 11.5 Å². The lowest BCUT2D eigenvalue weighted by atomic mass is 10.1. The van der Waals surface area contributed by atoms with Gasteiger partial charge in [-0.25, -0.2) is 4.79 Å². The molecule has 3 aromatic rings. The van der Waals surface area contributed by atoms with Crippen LogP contribution in [0.2, 0.25) is 0 Å². The van der Waals surface area contributed by atoms with Crippen molar-refractivity contribution in [1.82, 2.24) is 0 Å². The van der Waals surface area contributed by atoms with E-state index >= 15 is 0 Å². The number of ether oxygens (including phenoxy) is 2. The maximum atomic E-state index is 12.5. The molecule has 1 amide bonds. The van der Waals surface area contributed by atoms with E-state index in [1.54, 1.807) is 18.2 Å². The Balaban J connectivity index is 1.73. The van der Waals surface area contributed by atoms with Crippen molar-refractivity contribution < 1.29 is 24.2 Å². The van der Waals surface area contributed by atoms with Gasteiger partial charge in [-0.2, -0.15) is 5.26 Å². The molecule has 0 aliphatic carbocycles. The van der Waals surface area contributed by atoms with E-state index in [0.717, 1.165) is 5.56 Å². The summed E-state index contributed by atoms with van der Waals surface area (Å²) in [6, 6.07) is 22.3. The van der Waals surface area contributed by atoms with Crippen LogP contribution in [0.3, 0.4) is 0 Å². The molecule has 32 heavy (non-hydrogen) atoms. The third kappa shape index (κ3) is 5.74. The zero-order valence-electron chi connectivity index (χ0n) is 17.2. The number of amides is 1. The highest BCUT2D eigenvalue weighted by Gasteiger charge is 2.12. The average molecular weight is 428 g/mol. The summed E-state index contributed by atoms with van der Waals surface area (Å²) in [4.78, 5) is 23.4. The molecule has 3 aromatic carbocycles. The van der Waals surface area contributed by atoms with Crippen molar-refractivity contribution in [2.24, 2.45) is 0 Å². The van der Waals surface area contributed by atoms with Crippen molar-refractivity contribution in [3.05, 3.63) is 95.1 Å². The number of carboxylic acids is 1. The molecule has 0 atom stereocenters. The molecule has 0 saturated heterocycles. The summed E-state index contributed by atoms with van der Waals surface area (Å²) in [5.41, 5.74) is 1.96. The predicted octanol–water partition coefficient (Wildman–Crippen LogP) is 4.52.